The topological polar surface area (TPSA) is 44.1 Å². The minimum atomic E-state index is -1.32. The van der Waals surface area contributed by atoms with Gasteiger partial charge in [0.1, 0.15) is 0 Å². The molecule has 1 amide bonds. The second-order valence-corrected chi connectivity index (χ2v) is 3.84. The van der Waals surface area contributed by atoms with Crippen LogP contribution in [0, 0.1) is 17.2 Å². The molecular weight excluding hydrogens is 171 g/mol. The van der Waals surface area contributed by atoms with Crippen LogP contribution in [0.1, 0.15) is 25.7 Å². The fourth-order valence-electron chi connectivity index (χ4n) is 2.57. The van der Waals surface area contributed by atoms with Gasteiger partial charge in [0, 0.05) is 12.1 Å². The van der Waals surface area contributed by atoms with E-state index in [2.05, 4.69) is 6.07 Å². The van der Waals surface area contributed by atoms with Crippen molar-refractivity contribution in [3.05, 3.63) is 0 Å². The van der Waals surface area contributed by atoms with Crippen molar-refractivity contribution in [3.8, 4) is 6.07 Å². The molecule has 2 fully saturated rings. The highest BCUT2D eigenvalue weighted by molar-refractivity contribution is 5.67. The number of amides is 1. The second kappa shape index (κ2) is 2.99. The standard InChI is InChI=1S/C9H11FN2O/c10-9(13)12-7-1-2-8(12)4-6(3-7)5-11/h6-8H,1-4H2. The fourth-order valence-corrected chi connectivity index (χ4v) is 2.57. The molecule has 2 unspecified atom stereocenters. The Hall–Kier alpha value is -1.11. The zero-order chi connectivity index (χ0) is 9.42. The van der Waals surface area contributed by atoms with Crippen LogP contribution in [0.5, 0.6) is 0 Å². The molecule has 0 N–H and O–H groups in total. The van der Waals surface area contributed by atoms with Crippen molar-refractivity contribution in [2.24, 2.45) is 5.92 Å². The molecule has 2 rings (SSSR count). The van der Waals surface area contributed by atoms with E-state index in [0.29, 0.717) is 12.8 Å². The van der Waals surface area contributed by atoms with Crippen molar-refractivity contribution in [2.75, 3.05) is 0 Å². The summed E-state index contributed by atoms with van der Waals surface area (Å²) in [4.78, 5) is 12.0. The molecule has 3 nitrogen and oxygen atoms in total. The number of hydrogen-bond donors (Lipinski definition) is 0. The Morgan fingerprint density at radius 2 is 1.92 bits per heavy atom. The summed E-state index contributed by atoms with van der Waals surface area (Å²) >= 11 is 0. The van der Waals surface area contributed by atoms with E-state index >= 15 is 0 Å². The number of hydrogen-bond acceptors (Lipinski definition) is 2. The van der Waals surface area contributed by atoms with Crippen molar-refractivity contribution < 1.29 is 9.18 Å². The van der Waals surface area contributed by atoms with Gasteiger partial charge in [0.15, 0.2) is 0 Å². The highest BCUT2D eigenvalue weighted by Gasteiger charge is 2.43. The molecule has 0 radical (unpaired) electrons. The predicted molar refractivity (Wildman–Crippen MR) is 43.5 cm³/mol. The Balaban J connectivity index is 2.14. The highest BCUT2D eigenvalue weighted by Crippen LogP contribution is 2.38. The van der Waals surface area contributed by atoms with Crippen molar-refractivity contribution in [2.45, 2.75) is 37.8 Å². The van der Waals surface area contributed by atoms with Gasteiger partial charge in [-0.25, -0.2) is 4.79 Å². The summed E-state index contributed by atoms with van der Waals surface area (Å²) in [5.41, 5.74) is 0. The van der Waals surface area contributed by atoms with Crippen molar-refractivity contribution in [3.63, 3.8) is 0 Å². The number of halogens is 1. The number of carbonyl (C=O) groups is 1. The molecule has 70 valence electrons. The zero-order valence-electron chi connectivity index (χ0n) is 7.24. The molecule has 0 saturated carbocycles. The molecule has 2 heterocycles. The minimum Gasteiger partial charge on any atom is -0.309 e. The van der Waals surface area contributed by atoms with Crippen LogP contribution in [-0.4, -0.2) is 23.1 Å². The number of piperidine rings is 1. The van der Waals surface area contributed by atoms with E-state index in [0.717, 1.165) is 12.8 Å². The van der Waals surface area contributed by atoms with Crippen LogP contribution >= 0.6 is 0 Å². The summed E-state index contributed by atoms with van der Waals surface area (Å²) in [7, 11) is 0. The number of nitriles is 1. The van der Waals surface area contributed by atoms with Gasteiger partial charge in [0.25, 0.3) is 0 Å². The average Bonchev–Trinajstić information content (AvgIpc) is 2.37. The van der Waals surface area contributed by atoms with Gasteiger partial charge in [-0.15, -0.1) is 4.39 Å². The van der Waals surface area contributed by atoms with Gasteiger partial charge >= 0.3 is 6.16 Å². The molecule has 0 aromatic heterocycles. The summed E-state index contributed by atoms with van der Waals surface area (Å²) in [6, 6.07) is 2.18. The van der Waals surface area contributed by atoms with Crippen molar-refractivity contribution in [1.82, 2.24) is 4.90 Å². The lowest BCUT2D eigenvalue weighted by Gasteiger charge is -2.34. The highest BCUT2D eigenvalue weighted by atomic mass is 19.1. The monoisotopic (exact) mass is 182 g/mol. The third kappa shape index (κ3) is 1.28. The van der Waals surface area contributed by atoms with Gasteiger partial charge in [-0.1, -0.05) is 0 Å². The third-order valence-electron chi connectivity index (χ3n) is 3.12. The first-order chi connectivity index (χ1) is 6.22. The van der Waals surface area contributed by atoms with E-state index in [-0.39, 0.29) is 18.0 Å². The molecule has 0 aliphatic carbocycles. The molecule has 0 aromatic rings. The summed E-state index contributed by atoms with van der Waals surface area (Å²) in [5.74, 6) is 0.0214. The third-order valence-corrected chi connectivity index (χ3v) is 3.12. The van der Waals surface area contributed by atoms with Crippen LogP contribution in [-0.2, 0) is 0 Å². The SMILES string of the molecule is N#CC1CC2CCC(C1)N2C(=O)F. The van der Waals surface area contributed by atoms with Crippen LogP contribution < -0.4 is 0 Å². The molecule has 0 aromatic carbocycles. The largest absolute Gasteiger partial charge is 0.400 e. The van der Waals surface area contributed by atoms with E-state index in [1.807, 2.05) is 0 Å². The van der Waals surface area contributed by atoms with Crippen LogP contribution in [0.3, 0.4) is 0 Å². The average molecular weight is 182 g/mol. The molecule has 2 bridgehead atoms. The lowest BCUT2D eigenvalue weighted by atomic mass is 9.92. The molecule has 13 heavy (non-hydrogen) atoms. The molecule has 2 aliphatic rings. The van der Waals surface area contributed by atoms with Crippen LogP contribution in [0.15, 0.2) is 0 Å². The molecule has 2 saturated heterocycles. The Labute approximate surface area is 76.1 Å². The van der Waals surface area contributed by atoms with E-state index < -0.39 is 6.16 Å². The van der Waals surface area contributed by atoms with Gasteiger partial charge < -0.3 is 4.90 Å². The Morgan fingerprint density at radius 3 is 2.31 bits per heavy atom. The van der Waals surface area contributed by atoms with Gasteiger partial charge in [-0.2, -0.15) is 5.26 Å². The summed E-state index contributed by atoms with van der Waals surface area (Å²) < 4.78 is 12.6. The Bertz CT molecular complexity index is 259. The summed E-state index contributed by atoms with van der Waals surface area (Å²) in [6.07, 6.45) is 1.71. The lowest BCUT2D eigenvalue weighted by molar-refractivity contribution is 0.116. The lowest BCUT2D eigenvalue weighted by Crippen LogP contribution is -2.44. The molecule has 0 spiro atoms. The second-order valence-electron chi connectivity index (χ2n) is 3.84. The summed E-state index contributed by atoms with van der Waals surface area (Å²) in [5, 5.41) is 8.73. The van der Waals surface area contributed by atoms with Gasteiger partial charge in [0.2, 0.25) is 0 Å². The van der Waals surface area contributed by atoms with Crippen molar-refractivity contribution in [1.29, 1.82) is 5.26 Å². The van der Waals surface area contributed by atoms with Crippen LogP contribution in [0.25, 0.3) is 0 Å². The van der Waals surface area contributed by atoms with Gasteiger partial charge in [0.05, 0.1) is 12.0 Å². The first-order valence-corrected chi connectivity index (χ1v) is 4.59. The quantitative estimate of drug-likeness (QED) is 0.424. The maximum atomic E-state index is 12.6. The van der Waals surface area contributed by atoms with E-state index in [9.17, 15) is 9.18 Å². The maximum Gasteiger partial charge on any atom is 0.400 e. The number of rotatable bonds is 0. The molecule has 2 atom stereocenters. The van der Waals surface area contributed by atoms with Crippen LogP contribution in [0.4, 0.5) is 9.18 Å². The first-order valence-electron chi connectivity index (χ1n) is 4.59. The van der Waals surface area contributed by atoms with Crippen molar-refractivity contribution >= 4 is 6.16 Å². The van der Waals surface area contributed by atoms with Gasteiger partial charge in [-0.05, 0) is 25.7 Å². The Kier molecular flexibility index (Phi) is 1.95. The van der Waals surface area contributed by atoms with E-state index in [1.54, 1.807) is 0 Å². The predicted octanol–water partition coefficient (Wildman–Crippen LogP) is 1.84. The first kappa shape index (κ1) is 8.49. The summed E-state index contributed by atoms with van der Waals surface area (Å²) in [6.45, 7) is 0. The van der Waals surface area contributed by atoms with Gasteiger partial charge in [-0.3, -0.25) is 0 Å². The Morgan fingerprint density at radius 1 is 1.38 bits per heavy atom. The normalized spacial score (nSPS) is 37.2. The smallest absolute Gasteiger partial charge is 0.309 e. The maximum absolute atomic E-state index is 12.6. The number of fused-ring (bicyclic) bond motifs is 2. The molecule has 4 heteroatoms. The molecule has 2 aliphatic heterocycles. The molecular formula is C9H11FN2O. The number of carbonyl (C=O) groups excluding carboxylic acids is 1. The van der Waals surface area contributed by atoms with E-state index in [4.69, 9.17) is 5.26 Å². The number of nitrogens with zero attached hydrogens (tertiary/aromatic N) is 2. The van der Waals surface area contributed by atoms with E-state index in [1.165, 1.54) is 4.90 Å². The minimum absolute atomic E-state index is 0.0131. The zero-order valence-corrected chi connectivity index (χ0v) is 7.24. The van der Waals surface area contributed by atoms with Crippen LogP contribution in [0.2, 0.25) is 0 Å². The fraction of sp³-hybridized carbons (Fsp3) is 0.778.